The Kier molecular flexibility index (Phi) is 3.30. The standard InChI is InChI=1S/C32H21NO/c1-34-19-14-15-21-20-8-2-5-11-24(20)32(27(21)18-19)25-12-6-3-9-22(25)30-26(32)16-17-29-31(30)23-10-4-7-13-28(23)33-29/h2-18,33H,1H3. The first-order valence-corrected chi connectivity index (χ1v) is 11.7. The number of nitrogens with one attached hydrogen (secondary N) is 1. The molecule has 2 heteroatoms. The number of H-pyrrole nitrogens is 1. The van der Waals surface area contributed by atoms with Crippen molar-refractivity contribution in [3.8, 4) is 28.0 Å². The molecule has 6 aromatic rings. The summed E-state index contributed by atoms with van der Waals surface area (Å²) in [6.07, 6.45) is 0. The van der Waals surface area contributed by atoms with Crippen molar-refractivity contribution in [1.82, 2.24) is 4.98 Å². The van der Waals surface area contributed by atoms with Crippen molar-refractivity contribution in [2.24, 2.45) is 0 Å². The summed E-state index contributed by atoms with van der Waals surface area (Å²) in [6, 6.07) is 37.7. The van der Waals surface area contributed by atoms with Gasteiger partial charge in [-0.3, -0.25) is 0 Å². The SMILES string of the molecule is COc1ccc2c(c1)C1(c3ccccc3-2)c2ccccc2-c2c1ccc1[nH]c3ccccc3c21. The third-order valence-electron chi connectivity index (χ3n) is 7.93. The summed E-state index contributed by atoms with van der Waals surface area (Å²) in [5, 5.41) is 2.59. The van der Waals surface area contributed by atoms with Crippen LogP contribution in [0.25, 0.3) is 44.1 Å². The number of aromatic nitrogens is 1. The van der Waals surface area contributed by atoms with Crippen molar-refractivity contribution in [3.05, 3.63) is 125 Å². The van der Waals surface area contributed by atoms with Gasteiger partial charge in [-0.25, -0.2) is 0 Å². The number of ether oxygens (including phenoxy) is 1. The predicted octanol–water partition coefficient (Wildman–Crippen LogP) is 7.67. The number of para-hydroxylation sites is 1. The first-order chi connectivity index (χ1) is 16.8. The number of hydrogen-bond acceptors (Lipinski definition) is 1. The van der Waals surface area contributed by atoms with Crippen LogP contribution < -0.4 is 4.74 Å². The Balaban J connectivity index is 1.63. The Labute approximate surface area is 197 Å². The minimum atomic E-state index is -0.362. The van der Waals surface area contributed by atoms with Gasteiger partial charge >= 0.3 is 0 Å². The zero-order chi connectivity index (χ0) is 22.4. The molecule has 1 N–H and O–H groups in total. The van der Waals surface area contributed by atoms with Gasteiger partial charge in [-0.1, -0.05) is 78.9 Å². The van der Waals surface area contributed by atoms with Crippen LogP contribution in [0.3, 0.4) is 0 Å². The van der Waals surface area contributed by atoms with Gasteiger partial charge in [0.1, 0.15) is 5.75 Å². The highest BCUT2D eigenvalue weighted by Gasteiger charge is 2.52. The maximum absolute atomic E-state index is 5.73. The third-order valence-corrected chi connectivity index (χ3v) is 7.93. The van der Waals surface area contributed by atoms with Crippen LogP contribution in [0, 0.1) is 0 Å². The zero-order valence-corrected chi connectivity index (χ0v) is 18.7. The van der Waals surface area contributed by atoms with E-state index in [1.165, 1.54) is 66.3 Å². The van der Waals surface area contributed by atoms with Crippen molar-refractivity contribution in [3.63, 3.8) is 0 Å². The molecule has 0 saturated heterocycles. The normalized spacial score (nSPS) is 17.1. The smallest absolute Gasteiger partial charge is 0.119 e. The lowest BCUT2D eigenvalue weighted by Gasteiger charge is -2.30. The topological polar surface area (TPSA) is 25.0 Å². The van der Waals surface area contributed by atoms with E-state index < -0.39 is 0 Å². The summed E-state index contributed by atoms with van der Waals surface area (Å²) in [7, 11) is 1.75. The molecule has 2 nitrogen and oxygen atoms in total. The predicted molar refractivity (Wildman–Crippen MR) is 139 cm³/mol. The number of fused-ring (bicyclic) bond motifs is 14. The van der Waals surface area contributed by atoms with E-state index in [0.29, 0.717) is 0 Å². The highest BCUT2D eigenvalue weighted by molar-refractivity contribution is 6.17. The van der Waals surface area contributed by atoms with Crippen molar-refractivity contribution in [2.75, 3.05) is 7.11 Å². The summed E-state index contributed by atoms with van der Waals surface area (Å²) in [6.45, 7) is 0. The van der Waals surface area contributed by atoms with Gasteiger partial charge in [0.15, 0.2) is 0 Å². The monoisotopic (exact) mass is 435 g/mol. The fourth-order valence-corrected chi connectivity index (χ4v) is 6.67. The third kappa shape index (κ3) is 1.95. The Morgan fingerprint density at radius 2 is 1.29 bits per heavy atom. The van der Waals surface area contributed by atoms with E-state index >= 15 is 0 Å². The van der Waals surface area contributed by atoms with E-state index in [1.54, 1.807) is 7.11 Å². The lowest BCUT2D eigenvalue weighted by Crippen LogP contribution is -2.25. The van der Waals surface area contributed by atoms with Gasteiger partial charge in [-0.15, -0.1) is 0 Å². The van der Waals surface area contributed by atoms with E-state index in [0.717, 1.165) is 5.75 Å². The molecule has 2 aliphatic rings. The second-order valence-electron chi connectivity index (χ2n) is 9.33. The van der Waals surface area contributed by atoms with E-state index in [2.05, 4.69) is 108 Å². The molecule has 1 heterocycles. The van der Waals surface area contributed by atoms with E-state index in [4.69, 9.17) is 4.74 Å². The molecule has 160 valence electrons. The molecule has 1 unspecified atom stereocenters. The molecular formula is C32H21NO. The molecule has 0 saturated carbocycles. The molecule has 0 amide bonds. The minimum Gasteiger partial charge on any atom is -0.497 e. The van der Waals surface area contributed by atoms with Crippen LogP contribution in [-0.2, 0) is 5.41 Å². The lowest BCUT2D eigenvalue weighted by atomic mass is 9.70. The molecule has 0 bridgehead atoms. The first-order valence-electron chi connectivity index (χ1n) is 11.7. The number of rotatable bonds is 1. The zero-order valence-electron chi connectivity index (χ0n) is 18.7. The van der Waals surface area contributed by atoms with Crippen LogP contribution in [0.2, 0.25) is 0 Å². The van der Waals surface area contributed by atoms with Crippen molar-refractivity contribution >= 4 is 21.8 Å². The quantitative estimate of drug-likeness (QED) is 0.281. The van der Waals surface area contributed by atoms with E-state index in [9.17, 15) is 0 Å². The number of methoxy groups -OCH3 is 1. The Morgan fingerprint density at radius 3 is 2.15 bits per heavy atom. The Morgan fingerprint density at radius 1 is 0.588 bits per heavy atom. The number of benzene rings is 5. The van der Waals surface area contributed by atoms with Crippen LogP contribution in [0.4, 0.5) is 0 Å². The summed E-state index contributed by atoms with van der Waals surface area (Å²) in [5.41, 5.74) is 12.6. The van der Waals surface area contributed by atoms with Crippen LogP contribution in [-0.4, -0.2) is 12.1 Å². The molecule has 0 radical (unpaired) electrons. The lowest BCUT2D eigenvalue weighted by molar-refractivity contribution is 0.414. The van der Waals surface area contributed by atoms with Gasteiger partial charge in [-0.05, 0) is 68.8 Å². The average molecular weight is 436 g/mol. The largest absolute Gasteiger partial charge is 0.497 e. The molecule has 8 rings (SSSR count). The molecule has 5 aromatic carbocycles. The molecule has 1 atom stereocenters. The van der Waals surface area contributed by atoms with Crippen LogP contribution >= 0.6 is 0 Å². The van der Waals surface area contributed by atoms with E-state index in [-0.39, 0.29) is 5.41 Å². The fraction of sp³-hybridized carbons (Fsp3) is 0.0625. The van der Waals surface area contributed by atoms with Gasteiger partial charge in [0.05, 0.1) is 12.5 Å². The summed E-state index contributed by atoms with van der Waals surface area (Å²) >= 11 is 0. The summed E-state index contributed by atoms with van der Waals surface area (Å²) in [4.78, 5) is 3.65. The number of hydrogen-bond donors (Lipinski definition) is 1. The number of aromatic amines is 1. The molecule has 2 aliphatic carbocycles. The first kappa shape index (κ1) is 18.2. The minimum absolute atomic E-state index is 0.362. The van der Waals surface area contributed by atoms with Gasteiger partial charge in [0, 0.05) is 21.8 Å². The molecule has 0 aliphatic heterocycles. The fourth-order valence-electron chi connectivity index (χ4n) is 6.67. The highest BCUT2D eigenvalue weighted by Crippen LogP contribution is 2.64. The van der Waals surface area contributed by atoms with Crippen LogP contribution in [0.1, 0.15) is 22.3 Å². The molecule has 1 spiro atoms. The maximum atomic E-state index is 5.73. The Bertz CT molecular complexity index is 1810. The molecule has 34 heavy (non-hydrogen) atoms. The van der Waals surface area contributed by atoms with Gasteiger partial charge in [0.2, 0.25) is 0 Å². The van der Waals surface area contributed by atoms with Crippen molar-refractivity contribution in [1.29, 1.82) is 0 Å². The highest BCUT2D eigenvalue weighted by atomic mass is 16.5. The van der Waals surface area contributed by atoms with Gasteiger partial charge in [-0.2, -0.15) is 0 Å². The summed E-state index contributed by atoms with van der Waals surface area (Å²) < 4.78 is 5.73. The second-order valence-corrected chi connectivity index (χ2v) is 9.33. The van der Waals surface area contributed by atoms with E-state index in [1.807, 2.05) is 0 Å². The summed E-state index contributed by atoms with van der Waals surface area (Å²) in [5.74, 6) is 0.894. The van der Waals surface area contributed by atoms with Crippen LogP contribution in [0.15, 0.2) is 103 Å². The van der Waals surface area contributed by atoms with Gasteiger partial charge in [0.25, 0.3) is 0 Å². The second kappa shape index (κ2) is 6.18. The van der Waals surface area contributed by atoms with Crippen LogP contribution in [0.5, 0.6) is 5.75 Å². The molecular weight excluding hydrogens is 414 g/mol. The molecule has 1 aromatic heterocycles. The Hall–Kier alpha value is -4.30. The molecule has 0 fully saturated rings. The maximum Gasteiger partial charge on any atom is 0.119 e. The van der Waals surface area contributed by atoms with Crippen molar-refractivity contribution in [2.45, 2.75) is 5.41 Å². The van der Waals surface area contributed by atoms with Crippen molar-refractivity contribution < 1.29 is 4.74 Å². The average Bonchev–Trinajstić information content (AvgIpc) is 3.52. The van der Waals surface area contributed by atoms with Gasteiger partial charge < -0.3 is 9.72 Å².